The van der Waals surface area contributed by atoms with Crippen LogP contribution in [-0.4, -0.2) is 12.9 Å². The summed E-state index contributed by atoms with van der Waals surface area (Å²) in [5.41, 5.74) is 0. The Kier molecular flexibility index (Phi) is 1.42. The monoisotopic (exact) mass is 99.0 g/mol. The molecule has 0 atom stereocenters. The minimum absolute atomic E-state index is 0.500. The standard InChI is InChI=1S/C5H7O2/c6-3-1-5-2-4-7-5/h3H,1-2,4H2. The van der Waals surface area contributed by atoms with Crippen molar-refractivity contribution in [3.8, 4) is 0 Å². The van der Waals surface area contributed by atoms with Gasteiger partial charge in [-0.3, -0.25) is 0 Å². The molecular formula is C5H7O2. The van der Waals surface area contributed by atoms with Crippen LogP contribution in [0.4, 0.5) is 0 Å². The van der Waals surface area contributed by atoms with Gasteiger partial charge in [-0.25, -0.2) is 0 Å². The fourth-order valence-electron chi connectivity index (χ4n) is 0.500. The van der Waals surface area contributed by atoms with Gasteiger partial charge < -0.3 is 9.53 Å². The maximum Gasteiger partial charge on any atom is 0.122 e. The molecule has 0 aromatic carbocycles. The van der Waals surface area contributed by atoms with Gasteiger partial charge in [0.25, 0.3) is 0 Å². The number of carbonyl (C=O) groups excluding carboxylic acids is 1. The van der Waals surface area contributed by atoms with E-state index in [2.05, 4.69) is 0 Å². The minimum atomic E-state index is 0.500. The first kappa shape index (κ1) is 4.78. The van der Waals surface area contributed by atoms with Crippen LogP contribution in [0.1, 0.15) is 12.8 Å². The van der Waals surface area contributed by atoms with Gasteiger partial charge in [0.1, 0.15) is 12.4 Å². The van der Waals surface area contributed by atoms with Crippen molar-refractivity contribution in [1.29, 1.82) is 0 Å². The Hall–Kier alpha value is -0.370. The smallest absolute Gasteiger partial charge is 0.122 e. The first-order chi connectivity index (χ1) is 3.43. The van der Waals surface area contributed by atoms with Gasteiger partial charge in [0.2, 0.25) is 0 Å². The molecule has 1 radical (unpaired) electrons. The van der Waals surface area contributed by atoms with Crippen LogP contribution >= 0.6 is 0 Å². The molecule has 1 fully saturated rings. The Bertz CT molecular complexity index is 66.5. The van der Waals surface area contributed by atoms with Crippen molar-refractivity contribution in [1.82, 2.24) is 0 Å². The second kappa shape index (κ2) is 2.07. The summed E-state index contributed by atoms with van der Waals surface area (Å²) in [6.45, 7) is 0.809. The van der Waals surface area contributed by atoms with E-state index in [1.54, 1.807) is 0 Å². The van der Waals surface area contributed by atoms with Crippen molar-refractivity contribution in [3.05, 3.63) is 6.10 Å². The van der Waals surface area contributed by atoms with Gasteiger partial charge in [-0.15, -0.1) is 0 Å². The van der Waals surface area contributed by atoms with E-state index in [1.807, 2.05) is 0 Å². The minimum Gasteiger partial charge on any atom is -0.371 e. The molecule has 0 amide bonds. The Morgan fingerprint density at radius 3 is 2.71 bits per heavy atom. The van der Waals surface area contributed by atoms with Gasteiger partial charge in [-0.2, -0.15) is 0 Å². The molecule has 0 unspecified atom stereocenters. The zero-order valence-corrected chi connectivity index (χ0v) is 4.02. The summed E-state index contributed by atoms with van der Waals surface area (Å²) in [6, 6.07) is 0. The maximum absolute atomic E-state index is 9.71. The lowest BCUT2D eigenvalue weighted by atomic mass is 10.1. The van der Waals surface area contributed by atoms with Crippen molar-refractivity contribution in [2.45, 2.75) is 12.8 Å². The molecule has 1 rings (SSSR count). The Morgan fingerprint density at radius 2 is 2.57 bits per heavy atom. The third-order valence-electron chi connectivity index (χ3n) is 0.998. The molecule has 1 saturated heterocycles. The van der Waals surface area contributed by atoms with E-state index in [9.17, 15) is 4.79 Å². The van der Waals surface area contributed by atoms with Crippen LogP contribution in [0.5, 0.6) is 0 Å². The van der Waals surface area contributed by atoms with Gasteiger partial charge >= 0.3 is 0 Å². The van der Waals surface area contributed by atoms with E-state index in [1.165, 1.54) is 0 Å². The zero-order valence-electron chi connectivity index (χ0n) is 4.02. The van der Waals surface area contributed by atoms with Gasteiger partial charge in [0.05, 0.1) is 6.61 Å². The molecule has 1 aliphatic heterocycles. The van der Waals surface area contributed by atoms with Crippen LogP contribution in [0.25, 0.3) is 0 Å². The summed E-state index contributed by atoms with van der Waals surface area (Å²) >= 11 is 0. The summed E-state index contributed by atoms with van der Waals surface area (Å²) in [5, 5.41) is 0. The summed E-state index contributed by atoms with van der Waals surface area (Å²) in [7, 11) is 0. The quantitative estimate of drug-likeness (QED) is 0.472. The summed E-state index contributed by atoms with van der Waals surface area (Å²) < 4.78 is 4.86. The zero-order chi connectivity index (χ0) is 5.11. The van der Waals surface area contributed by atoms with Crippen LogP contribution in [0.3, 0.4) is 0 Å². The first-order valence-corrected chi connectivity index (χ1v) is 2.34. The van der Waals surface area contributed by atoms with E-state index >= 15 is 0 Å². The lowest BCUT2D eigenvalue weighted by Crippen LogP contribution is -2.17. The van der Waals surface area contributed by atoms with Crippen molar-refractivity contribution < 1.29 is 9.53 Å². The molecule has 0 spiro atoms. The van der Waals surface area contributed by atoms with Crippen LogP contribution in [0.15, 0.2) is 0 Å². The second-order valence-corrected chi connectivity index (χ2v) is 1.51. The van der Waals surface area contributed by atoms with Crippen molar-refractivity contribution in [2.24, 2.45) is 0 Å². The summed E-state index contributed by atoms with van der Waals surface area (Å²) in [4.78, 5) is 9.71. The van der Waals surface area contributed by atoms with Crippen LogP contribution < -0.4 is 0 Å². The van der Waals surface area contributed by atoms with Gasteiger partial charge in [-0.05, 0) is 0 Å². The highest BCUT2D eigenvalue weighted by Gasteiger charge is 2.17. The first-order valence-electron chi connectivity index (χ1n) is 2.34. The van der Waals surface area contributed by atoms with Crippen LogP contribution in [0.2, 0.25) is 0 Å². The average Bonchev–Trinajstić information content (AvgIpc) is 1.55. The molecule has 7 heavy (non-hydrogen) atoms. The Balaban J connectivity index is 2.03. The molecule has 2 nitrogen and oxygen atoms in total. The predicted octanol–water partition coefficient (Wildman–Crippen LogP) is 0.528. The SMILES string of the molecule is O=CC[C]1CCO1. The molecule has 1 aliphatic rings. The molecule has 0 bridgehead atoms. The molecule has 0 N–H and O–H groups in total. The van der Waals surface area contributed by atoms with Gasteiger partial charge in [-0.1, -0.05) is 0 Å². The fraction of sp³-hybridized carbons (Fsp3) is 0.600. The largest absolute Gasteiger partial charge is 0.371 e. The fourth-order valence-corrected chi connectivity index (χ4v) is 0.500. The predicted molar refractivity (Wildman–Crippen MR) is 24.5 cm³/mol. The van der Waals surface area contributed by atoms with Crippen molar-refractivity contribution in [2.75, 3.05) is 6.61 Å². The lowest BCUT2D eigenvalue weighted by molar-refractivity contribution is -0.109. The summed E-state index contributed by atoms with van der Waals surface area (Å²) in [6.07, 6.45) is 3.29. The molecule has 2 heteroatoms. The Labute approximate surface area is 42.5 Å². The van der Waals surface area contributed by atoms with E-state index in [-0.39, 0.29) is 0 Å². The normalized spacial score (nSPS) is 21.1. The molecule has 0 saturated carbocycles. The Morgan fingerprint density at radius 1 is 1.86 bits per heavy atom. The second-order valence-electron chi connectivity index (χ2n) is 1.51. The number of carbonyl (C=O) groups is 1. The molecule has 0 aromatic heterocycles. The molecule has 39 valence electrons. The van der Waals surface area contributed by atoms with Crippen LogP contribution in [-0.2, 0) is 9.53 Å². The van der Waals surface area contributed by atoms with Crippen molar-refractivity contribution in [3.63, 3.8) is 0 Å². The van der Waals surface area contributed by atoms with E-state index in [0.717, 1.165) is 25.4 Å². The third-order valence-corrected chi connectivity index (χ3v) is 0.998. The molecule has 0 aromatic rings. The topological polar surface area (TPSA) is 26.3 Å². The molecular weight excluding hydrogens is 92.1 g/mol. The third kappa shape index (κ3) is 0.996. The van der Waals surface area contributed by atoms with Crippen molar-refractivity contribution >= 4 is 6.29 Å². The van der Waals surface area contributed by atoms with E-state index in [4.69, 9.17) is 4.74 Å². The number of ether oxygens (including phenoxy) is 1. The highest BCUT2D eigenvalue weighted by molar-refractivity contribution is 5.52. The van der Waals surface area contributed by atoms with Crippen LogP contribution in [0, 0.1) is 6.10 Å². The number of hydrogen-bond donors (Lipinski definition) is 0. The summed E-state index contributed by atoms with van der Waals surface area (Å²) in [5.74, 6) is 0. The van der Waals surface area contributed by atoms with Gasteiger partial charge in [0.15, 0.2) is 0 Å². The average molecular weight is 99.1 g/mol. The van der Waals surface area contributed by atoms with E-state index < -0.39 is 0 Å². The van der Waals surface area contributed by atoms with Gasteiger partial charge in [0, 0.05) is 12.8 Å². The number of rotatable bonds is 2. The highest BCUT2D eigenvalue weighted by Crippen LogP contribution is 2.21. The number of aldehydes is 1. The lowest BCUT2D eigenvalue weighted by Gasteiger charge is -2.22. The molecule has 1 heterocycles. The maximum atomic E-state index is 9.71. The number of hydrogen-bond acceptors (Lipinski definition) is 2. The van der Waals surface area contributed by atoms with E-state index in [0.29, 0.717) is 6.42 Å². The molecule has 0 aliphatic carbocycles. The highest BCUT2D eigenvalue weighted by atomic mass is 16.5.